The van der Waals surface area contributed by atoms with Crippen LogP contribution in [0.4, 0.5) is 0 Å². The van der Waals surface area contributed by atoms with Crippen molar-refractivity contribution in [2.24, 2.45) is 4.99 Å². The van der Waals surface area contributed by atoms with E-state index in [1.54, 1.807) is 0 Å². The van der Waals surface area contributed by atoms with Crippen LogP contribution in [0.3, 0.4) is 0 Å². The number of rotatable bonds is 7. The van der Waals surface area contributed by atoms with Crippen LogP contribution in [0.5, 0.6) is 11.5 Å². The lowest BCUT2D eigenvalue weighted by atomic mass is 10.1. The first kappa shape index (κ1) is 18.1. The minimum absolute atomic E-state index is 0.632. The highest BCUT2D eigenvalue weighted by molar-refractivity contribution is 5.79. The lowest BCUT2D eigenvalue weighted by molar-refractivity contribution is 0.287. The van der Waals surface area contributed by atoms with Crippen molar-refractivity contribution >= 4 is 5.96 Å². The van der Waals surface area contributed by atoms with Crippen LogP contribution in [0, 0.1) is 0 Å². The average Bonchev–Trinajstić information content (AvgIpc) is 2.45. The van der Waals surface area contributed by atoms with E-state index in [0.29, 0.717) is 13.2 Å². The second kappa shape index (κ2) is 9.18. The van der Waals surface area contributed by atoms with E-state index in [1.165, 1.54) is 5.56 Å². The van der Waals surface area contributed by atoms with Crippen molar-refractivity contribution in [2.75, 3.05) is 47.9 Å². The van der Waals surface area contributed by atoms with Crippen LogP contribution in [0.1, 0.15) is 19.4 Å². The Balaban J connectivity index is 2.77. The van der Waals surface area contributed by atoms with E-state index in [9.17, 15) is 0 Å². The molecule has 0 N–H and O–H groups in total. The van der Waals surface area contributed by atoms with E-state index < -0.39 is 0 Å². The predicted octanol–water partition coefficient (Wildman–Crippen LogP) is 2.51. The Hall–Kier alpha value is -1.91. The van der Waals surface area contributed by atoms with Crippen molar-refractivity contribution in [2.45, 2.75) is 20.3 Å². The molecule has 0 aromatic heterocycles. The molecule has 0 saturated heterocycles. The van der Waals surface area contributed by atoms with E-state index in [-0.39, 0.29) is 0 Å². The second-order valence-corrected chi connectivity index (χ2v) is 5.37. The molecule has 0 heterocycles. The van der Waals surface area contributed by atoms with Gasteiger partial charge in [0.25, 0.3) is 0 Å². The van der Waals surface area contributed by atoms with Crippen molar-refractivity contribution in [1.82, 2.24) is 9.80 Å². The summed E-state index contributed by atoms with van der Waals surface area (Å²) in [5.41, 5.74) is 1.20. The van der Waals surface area contributed by atoms with Crippen LogP contribution < -0.4 is 9.47 Å². The highest BCUT2D eigenvalue weighted by Crippen LogP contribution is 2.28. The molecule has 0 aliphatic carbocycles. The van der Waals surface area contributed by atoms with Gasteiger partial charge in [-0.25, -0.2) is 0 Å². The molecule has 5 heteroatoms. The van der Waals surface area contributed by atoms with Gasteiger partial charge in [0.1, 0.15) is 0 Å². The summed E-state index contributed by atoms with van der Waals surface area (Å²) in [6.07, 6.45) is 0.873. The lowest BCUT2D eigenvalue weighted by Crippen LogP contribution is -2.35. The molecule has 0 aliphatic rings. The maximum Gasteiger partial charge on any atom is 0.195 e. The number of hydrogen-bond donors (Lipinski definition) is 0. The third-order valence-electron chi connectivity index (χ3n) is 3.06. The Labute approximate surface area is 134 Å². The number of nitrogens with zero attached hydrogens (tertiary/aromatic N) is 3. The van der Waals surface area contributed by atoms with Gasteiger partial charge < -0.3 is 19.3 Å². The fourth-order valence-electron chi connectivity index (χ4n) is 2.22. The van der Waals surface area contributed by atoms with Gasteiger partial charge in [0.2, 0.25) is 0 Å². The van der Waals surface area contributed by atoms with E-state index in [4.69, 9.17) is 9.47 Å². The molecule has 124 valence electrons. The smallest absolute Gasteiger partial charge is 0.195 e. The maximum absolute atomic E-state index is 5.66. The zero-order chi connectivity index (χ0) is 16.5. The first-order valence-electron chi connectivity index (χ1n) is 7.77. The van der Waals surface area contributed by atoms with E-state index in [2.05, 4.69) is 17.1 Å². The second-order valence-electron chi connectivity index (χ2n) is 5.37. The summed E-state index contributed by atoms with van der Waals surface area (Å²) in [6.45, 7) is 5.96. The largest absolute Gasteiger partial charge is 0.490 e. The van der Waals surface area contributed by atoms with Crippen LogP contribution in [-0.4, -0.2) is 63.7 Å². The molecule has 0 atom stereocenters. The van der Waals surface area contributed by atoms with Crippen LogP contribution in [0.2, 0.25) is 0 Å². The first-order valence-corrected chi connectivity index (χ1v) is 7.77. The third kappa shape index (κ3) is 5.47. The molecule has 0 bridgehead atoms. The van der Waals surface area contributed by atoms with Crippen LogP contribution in [0.25, 0.3) is 0 Å². The molecule has 0 spiro atoms. The standard InChI is InChI=1S/C17H29N3O2/c1-7-21-15-10-9-14(13-16(15)22-8-2)11-12-18-17(19(3)4)20(5)6/h9-10,13H,7-8,11-12H2,1-6H3. The zero-order valence-electron chi connectivity index (χ0n) is 14.7. The SMILES string of the molecule is CCOc1ccc(CCN=C(N(C)C)N(C)C)cc1OCC. The molecule has 1 rings (SSSR count). The van der Waals surface area contributed by atoms with Crippen molar-refractivity contribution in [3.05, 3.63) is 23.8 Å². The molecule has 1 aromatic carbocycles. The molecule has 0 saturated carbocycles. The molecule has 0 radical (unpaired) electrons. The Morgan fingerprint density at radius 3 is 2.09 bits per heavy atom. The van der Waals surface area contributed by atoms with Gasteiger partial charge in [-0.2, -0.15) is 0 Å². The molecule has 1 aromatic rings. The van der Waals surface area contributed by atoms with Gasteiger partial charge in [-0.15, -0.1) is 0 Å². The molecule has 0 fully saturated rings. The van der Waals surface area contributed by atoms with Gasteiger partial charge in [0.05, 0.1) is 13.2 Å². The summed E-state index contributed by atoms with van der Waals surface area (Å²) in [5.74, 6) is 2.58. The number of benzene rings is 1. The summed E-state index contributed by atoms with van der Waals surface area (Å²) >= 11 is 0. The van der Waals surface area contributed by atoms with Gasteiger partial charge in [-0.1, -0.05) is 6.07 Å². The average molecular weight is 307 g/mol. The molecule has 0 amide bonds. The highest BCUT2D eigenvalue weighted by Gasteiger charge is 2.07. The summed E-state index contributed by atoms with van der Waals surface area (Å²) in [5, 5.41) is 0. The number of guanidine groups is 1. The number of aliphatic imine (C=N–C) groups is 1. The van der Waals surface area contributed by atoms with Crippen molar-refractivity contribution in [1.29, 1.82) is 0 Å². The summed E-state index contributed by atoms with van der Waals surface area (Å²) in [4.78, 5) is 8.68. The minimum atomic E-state index is 0.632. The highest BCUT2D eigenvalue weighted by atomic mass is 16.5. The number of hydrogen-bond acceptors (Lipinski definition) is 3. The fraction of sp³-hybridized carbons (Fsp3) is 0.588. The first-order chi connectivity index (χ1) is 10.5. The molecule has 5 nitrogen and oxygen atoms in total. The molecular formula is C17H29N3O2. The molecule has 0 unspecified atom stereocenters. The van der Waals surface area contributed by atoms with Crippen molar-refractivity contribution in [3.8, 4) is 11.5 Å². The Bertz CT molecular complexity index is 475. The summed E-state index contributed by atoms with van der Waals surface area (Å²) in [6, 6.07) is 6.11. The van der Waals surface area contributed by atoms with Gasteiger partial charge in [0.15, 0.2) is 17.5 Å². The monoisotopic (exact) mass is 307 g/mol. The van der Waals surface area contributed by atoms with Gasteiger partial charge in [-0.3, -0.25) is 4.99 Å². The molecular weight excluding hydrogens is 278 g/mol. The van der Waals surface area contributed by atoms with Crippen LogP contribution in [-0.2, 0) is 6.42 Å². The van der Waals surface area contributed by atoms with E-state index in [0.717, 1.165) is 30.4 Å². The lowest BCUT2D eigenvalue weighted by Gasteiger charge is -2.22. The molecule has 22 heavy (non-hydrogen) atoms. The van der Waals surface area contributed by atoms with Crippen LogP contribution >= 0.6 is 0 Å². The zero-order valence-corrected chi connectivity index (χ0v) is 14.7. The van der Waals surface area contributed by atoms with E-state index in [1.807, 2.05) is 57.9 Å². The predicted molar refractivity (Wildman–Crippen MR) is 92.2 cm³/mol. The summed E-state index contributed by atoms with van der Waals surface area (Å²) < 4.78 is 11.2. The number of ether oxygens (including phenoxy) is 2. The van der Waals surface area contributed by atoms with E-state index >= 15 is 0 Å². The maximum atomic E-state index is 5.66. The van der Waals surface area contributed by atoms with Crippen LogP contribution in [0.15, 0.2) is 23.2 Å². The topological polar surface area (TPSA) is 37.3 Å². The quantitative estimate of drug-likeness (QED) is 0.573. The van der Waals surface area contributed by atoms with Gasteiger partial charge in [0, 0.05) is 34.7 Å². The van der Waals surface area contributed by atoms with Crippen molar-refractivity contribution in [3.63, 3.8) is 0 Å². The Kier molecular flexibility index (Phi) is 7.57. The normalized spacial score (nSPS) is 10.1. The fourth-order valence-corrected chi connectivity index (χ4v) is 2.22. The minimum Gasteiger partial charge on any atom is -0.490 e. The summed E-state index contributed by atoms with van der Waals surface area (Å²) in [7, 11) is 8.01. The molecule has 0 aliphatic heterocycles. The van der Waals surface area contributed by atoms with Gasteiger partial charge >= 0.3 is 0 Å². The van der Waals surface area contributed by atoms with Gasteiger partial charge in [-0.05, 0) is 38.0 Å². The third-order valence-corrected chi connectivity index (χ3v) is 3.06. The Morgan fingerprint density at radius 1 is 0.955 bits per heavy atom. The van der Waals surface area contributed by atoms with Crippen molar-refractivity contribution < 1.29 is 9.47 Å². The Morgan fingerprint density at radius 2 is 1.55 bits per heavy atom.